The molecule has 6 nitrogen and oxygen atoms in total. The molecular formula is C22H20N2O4. The van der Waals surface area contributed by atoms with Gasteiger partial charge in [0.2, 0.25) is 0 Å². The van der Waals surface area contributed by atoms with E-state index in [4.69, 9.17) is 4.74 Å². The zero-order valence-electron chi connectivity index (χ0n) is 15.2. The summed E-state index contributed by atoms with van der Waals surface area (Å²) in [6.45, 7) is 0.493. The quantitative estimate of drug-likeness (QED) is 0.346. The van der Waals surface area contributed by atoms with Crippen molar-refractivity contribution < 1.29 is 14.5 Å². The van der Waals surface area contributed by atoms with E-state index in [0.717, 1.165) is 12.8 Å². The zero-order chi connectivity index (χ0) is 19.8. The summed E-state index contributed by atoms with van der Waals surface area (Å²) in [4.78, 5) is 23.1. The van der Waals surface area contributed by atoms with Gasteiger partial charge in [0.05, 0.1) is 17.2 Å². The van der Waals surface area contributed by atoms with Gasteiger partial charge in [-0.1, -0.05) is 54.6 Å². The number of rotatable bonds is 8. The van der Waals surface area contributed by atoms with Gasteiger partial charge in [-0.2, -0.15) is 0 Å². The first-order valence-corrected chi connectivity index (χ1v) is 8.95. The number of aryl methyl sites for hydroxylation is 1. The van der Waals surface area contributed by atoms with Crippen LogP contribution in [0.5, 0.6) is 5.75 Å². The number of hydrogen-bond acceptors (Lipinski definition) is 4. The predicted octanol–water partition coefficient (Wildman–Crippen LogP) is 4.86. The summed E-state index contributed by atoms with van der Waals surface area (Å²) in [5.74, 6) is -0.0184. The van der Waals surface area contributed by atoms with Crippen molar-refractivity contribution in [2.24, 2.45) is 0 Å². The first-order valence-electron chi connectivity index (χ1n) is 8.95. The van der Waals surface area contributed by atoms with Gasteiger partial charge in [0.1, 0.15) is 11.3 Å². The molecule has 0 aromatic heterocycles. The molecule has 0 saturated heterocycles. The van der Waals surface area contributed by atoms with Gasteiger partial charge < -0.3 is 10.1 Å². The van der Waals surface area contributed by atoms with Gasteiger partial charge >= 0.3 is 0 Å². The van der Waals surface area contributed by atoms with Crippen LogP contribution in [-0.4, -0.2) is 17.4 Å². The Hall–Kier alpha value is -3.67. The highest BCUT2D eigenvalue weighted by Crippen LogP contribution is 2.26. The molecule has 0 aliphatic heterocycles. The van der Waals surface area contributed by atoms with E-state index < -0.39 is 10.8 Å². The summed E-state index contributed by atoms with van der Waals surface area (Å²) in [6.07, 6.45) is 1.72. The zero-order valence-corrected chi connectivity index (χ0v) is 15.2. The van der Waals surface area contributed by atoms with E-state index in [2.05, 4.69) is 17.4 Å². The summed E-state index contributed by atoms with van der Waals surface area (Å²) < 4.78 is 5.82. The van der Waals surface area contributed by atoms with E-state index in [0.29, 0.717) is 18.0 Å². The van der Waals surface area contributed by atoms with Crippen LogP contribution in [0.2, 0.25) is 0 Å². The molecule has 28 heavy (non-hydrogen) atoms. The van der Waals surface area contributed by atoms with Crippen LogP contribution in [-0.2, 0) is 6.42 Å². The molecule has 142 valence electrons. The third kappa shape index (κ3) is 4.94. The largest absolute Gasteiger partial charge is 0.491 e. The molecule has 0 radical (unpaired) electrons. The lowest BCUT2D eigenvalue weighted by Crippen LogP contribution is -2.15. The Bertz CT molecular complexity index is 958. The molecule has 0 heterocycles. The fourth-order valence-corrected chi connectivity index (χ4v) is 2.81. The lowest BCUT2D eigenvalue weighted by atomic mass is 10.1. The van der Waals surface area contributed by atoms with Gasteiger partial charge in [-0.25, -0.2) is 0 Å². The van der Waals surface area contributed by atoms with Crippen molar-refractivity contribution in [1.29, 1.82) is 0 Å². The van der Waals surface area contributed by atoms with Crippen LogP contribution in [0, 0.1) is 10.1 Å². The highest BCUT2D eigenvalue weighted by Gasteiger charge is 2.20. The third-order valence-electron chi connectivity index (χ3n) is 4.19. The van der Waals surface area contributed by atoms with Crippen molar-refractivity contribution in [1.82, 2.24) is 0 Å². The fraction of sp³-hybridized carbons (Fsp3) is 0.136. The third-order valence-corrected chi connectivity index (χ3v) is 4.19. The molecule has 0 saturated carbocycles. The van der Waals surface area contributed by atoms with Crippen LogP contribution in [0.3, 0.4) is 0 Å². The van der Waals surface area contributed by atoms with Crippen LogP contribution in [0.4, 0.5) is 11.4 Å². The van der Waals surface area contributed by atoms with Crippen LogP contribution in [0.1, 0.15) is 22.3 Å². The van der Waals surface area contributed by atoms with Gasteiger partial charge in [-0.05, 0) is 36.6 Å². The number of anilines is 1. The minimum absolute atomic E-state index is 0.00591. The van der Waals surface area contributed by atoms with Crippen LogP contribution in [0.15, 0.2) is 78.9 Å². The number of nitrogens with zero attached hydrogens (tertiary/aromatic N) is 1. The number of para-hydroxylation sites is 3. The Labute approximate surface area is 162 Å². The fourth-order valence-electron chi connectivity index (χ4n) is 2.81. The highest BCUT2D eigenvalue weighted by molar-refractivity contribution is 6.07. The lowest BCUT2D eigenvalue weighted by molar-refractivity contribution is -0.385. The van der Waals surface area contributed by atoms with Crippen LogP contribution in [0.25, 0.3) is 0 Å². The van der Waals surface area contributed by atoms with E-state index in [-0.39, 0.29) is 11.3 Å². The molecule has 3 aromatic carbocycles. The number of nitro groups is 1. The molecule has 3 rings (SSSR count). The average Bonchev–Trinajstić information content (AvgIpc) is 2.73. The summed E-state index contributed by atoms with van der Waals surface area (Å²) in [6, 6.07) is 23.0. The molecular weight excluding hydrogens is 356 g/mol. The Morgan fingerprint density at radius 3 is 2.39 bits per heavy atom. The van der Waals surface area contributed by atoms with Crippen molar-refractivity contribution in [3.05, 3.63) is 100 Å². The first-order chi connectivity index (χ1) is 13.6. The van der Waals surface area contributed by atoms with Crippen molar-refractivity contribution >= 4 is 17.3 Å². The van der Waals surface area contributed by atoms with Crippen molar-refractivity contribution in [3.63, 3.8) is 0 Å². The molecule has 0 atom stereocenters. The molecule has 0 bridgehead atoms. The van der Waals surface area contributed by atoms with Crippen molar-refractivity contribution in [2.75, 3.05) is 11.9 Å². The molecule has 1 N–H and O–H groups in total. The summed E-state index contributed by atoms with van der Waals surface area (Å²) in [5, 5.41) is 13.9. The maximum atomic E-state index is 12.5. The first kappa shape index (κ1) is 19.1. The average molecular weight is 376 g/mol. The topological polar surface area (TPSA) is 81.5 Å². The van der Waals surface area contributed by atoms with E-state index in [1.807, 2.05) is 24.3 Å². The maximum Gasteiger partial charge on any atom is 0.282 e. The van der Waals surface area contributed by atoms with Gasteiger partial charge in [-0.15, -0.1) is 0 Å². The van der Waals surface area contributed by atoms with Crippen molar-refractivity contribution in [2.45, 2.75) is 12.8 Å². The SMILES string of the molecule is O=C(Nc1ccccc1OCCCc1ccccc1)c1ccccc1[N+](=O)[O-]. The number of benzene rings is 3. The van der Waals surface area contributed by atoms with Gasteiger partial charge in [-0.3, -0.25) is 14.9 Å². The standard InChI is InChI=1S/C22H20N2O4/c25-22(18-12-4-6-14-20(18)24(26)27)23-19-13-5-7-15-21(19)28-16-8-11-17-9-2-1-3-10-17/h1-7,9-10,12-15H,8,11,16H2,(H,23,25). The molecule has 6 heteroatoms. The molecule has 0 spiro atoms. The normalized spacial score (nSPS) is 10.3. The lowest BCUT2D eigenvalue weighted by Gasteiger charge is -2.12. The maximum absolute atomic E-state index is 12.5. The molecule has 1 amide bonds. The molecule has 0 aliphatic rings. The summed E-state index contributed by atoms with van der Waals surface area (Å²) in [7, 11) is 0. The van der Waals surface area contributed by atoms with Crippen LogP contribution < -0.4 is 10.1 Å². The summed E-state index contributed by atoms with van der Waals surface area (Å²) >= 11 is 0. The number of nitrogens with one attached hydrogen (secondary N) is 1. The predicted molar refractivity (Wildman–Crippen MR) is 108 cm³/mol. The number of hydrogen-bond donors (Lipinski definition) is 1. The van der Waals surface area contributed by atoms with Gasteiger partial charge in [0.15, 0.2) is 0 Å². The molecule has 0 aliphatic carbocycles. The second kappa shape index (κ2) is 9.32. The van der Waals surface area contributed by atoms with Gasteiger partial charge in [0.25, 0.3) is 11.6 Å². The minimum Gasteiger partial charge on any atom is -0.491 e. The molecule has 0 unspecified atom stereocenters. The van der Waals surface area contributed by atoms with E-state index in [1.165, 1.54) is 23.8 Å². The second-order valence-corrected chi connectivity index (χ2v) is 6.16. The molecule has 0 fully saturated rings. The van der Waals surface area contributed by atoms with Crippen molar-refractivity contribution in [3.8, 4) is 5.75 Å². The van der Waals surface area contributed by atoms with E-state index in [9.17, 15) is 14.9 Å². The number of ether oxygens (including phenoxy) is 1. The summed E-state index contributed by atoms with van der Waals surface area (Å²) in [5.41, 5.74) is 1.49. The van der Waals surface area contributed by atoms with Gasteiger partial charge in [0, 0.05) is 6.07 Å². The number of amides is 1. The number of carbonyl (C=O) groups excluding carboxylic acids is 1. The Kier molecular flexibility index (Phi) is 6.36. The number of nitro benzene ring substituents is 1. The molecule has 3 aromatic rings. The smallest absolute Gasteiger partial charge is 0.282 e. The van der Waals surface area contributed by atoms with Crippen LogP contribution >= 0.6 is 0 Å². The number of carbonyl (C=O) groups is 1. The monoisotopic (exact) mass is 376 g/mol. The van der Waals surface area contributed by atoms with E-state index >= 15 is 0 Å². The minimum atomic E-state index is -0.569. The Morgan fingerprint density at radius 1 is 0.929 bits per heavy atom. The second-order valence-electron chi connectivity index (χ2n) is 6.16. The Balaban J connectivity index is 1.64. The highest BCUT2D eigenvalue weighted by atomic mass is 16.6. The Morgan fingerprint density at radius 2 is 1.61 bits per heavy atom. The van der Waals surface area contributed by atoms with E-state index in [1.54, 1.807) is 24.3 Å².